The third kappa shape index (κ3) is 5.89. The second kappa shape index (κ2) is 10.2. The van der Waals surface area contributed by atoms with E-state index in [4.69, 9.17) is 9.47 Å². The van der Waals surface area contributed by atoms with E-state index in [1.54, 1.807) is 13.0 Å². The molecule has 1 aromatic heterocycles. The van der Waals surface area contributed by atoms with Gasteiger partial charge in [-0.1, -0.05) is 18.9 Å². The van der Waals surface area contributed by atoms with Crippen molar-refractivity contribution in [2.45, 2.75) is 51.5 Å². The van der Waals surface area contributed by atoms with Crippen LogP contribution in [-0.2, 0) is 9.53 Å². The first-order chi connectivity index (χ1) is 14.1. The molecule has 1 aliphatic carbocycles. The number of benzene rings is 1. The zero-order chi connectivity index (χ0) is 20.6. The first kappa shape index (κ1) is 21.0. The molecule has 1 aromatic carbocycles. The Kier molecular flexibility index (Phi) is 7.38. The average Bonchev–Trinajstić information content (AvgIpc) is 3.20. The van der Waals surface area contributed by atoms with Crippen LogP contribution >= 0.6 is 0 Å². The van der Waals surface area contributed by atoms with Gasteiger partial charge in [0.2, 0.25) is 0 Å². The van der Waals surface area contributed by atoms with Crippen molar-refractivity contribution in [3.8, 4) is 17.0 Å². The molecule has 29 heavy (non-hydrogen) atoms. The maximum atomic E-state index is 14.4. The van der Waals surface area contributed by atoms with Crippen molar-refractivity contribution in [2.24, 2.45) is 0 Å². The minimum absolute atomic E-state index is 0.0189. The molecule has 1 saturated carbocycles. The lowest BCUT2D eigenvalue weighted by molar-refractivity contribution is -0.143. The van der Waals surface area contributed by atoms with E-state index in [2.05, 4.69) is 10.3 Å². The molecule has 3 rings (SSSR count). The standard InChI is InChI=1S/C22H26F2N2O3/c1-2-28-21(27)11-6-12-29-22-17(23)13-15(14-18(22)24)19-9-5-10-20(26-19)25-16-7-3-4-8-16/h5,9-10,13-14,16H,2-4,6-8,11-12H2,1H3,(H,25,26). The minimum atomic E-state index is -0.799. The fraction of sp³-hybridized carbons (Fsp3) is 0.455. The van der Waals surface area contributed by atoms with Crippen LogP contribution in [0.15, 0.2) is 30.3 Å². The molecule has 156 valence electrons. The Morgan fingerprint density at radius 1 is 1.21 bits per heavy atom. The minimum Gasteiger partial charge on any atom is -0.488 e. The van der Waals surface area contributed by atoms with Crippen LogP contribution in [-0.4, -0.2) is 30.2 Å². The summed E-state index contributed by atoms with van der Waals surface area (Å²) in [7, 11) is 0. The number of carbonyl (C=O) groups is 1. The number of hydrogen-bond donors (Lipinski definition) is 1. The maximum absolute atomic E-state index is 14.4. The van der Waals surface area contributed by atoms with Crippen LogP contribution in [0.4, 0.5) is 14.6 Å². The molecule has 0 amide bonds. The Hall–Kier alpha value is -2.70. The first-order valence-corrected chi connectivity index (χ1v) is 10.1. The number of pyridine rings is 1. The number of hydrogen-bond acceptors (Lipinski definition) is 5. The predicted molar refractivity (Wildman–Crippen MR) is 107 cm³/mol. The Morgan fingerprint density at radius 2 is 1.93 bits per heavy atom. The zero-order valence-corrected chi connectivity index (χ0v) is 16.5. The van der Waals surface area contributed by atoms with E-state index < -0.39 is 17.4 Å². The highest BCUT2D eigenvalue weighted by Gasteiger charge is 2.17. The molecule has 7 heteroatoms. The fourth-order valence-electron chi connectivity index (χ4n) is 3.42. The van der Waals surface area contributed by atoms with Gasteiger partial charge in [0.05, 0.1) is 18.9 Å². The highest BCUT2D eigenvalue weighted by molar-refractivity contribution is 5.69. The number of nitrogens with zero attached hydrogens (tertiary/aromatic N) is 1. The number of carbonyl (C=O) groups excluding carboxylic acids is 1. The van der Waals surface area contributed by atoms with Gasteiger partial charge in [0.25, 0.3) is 0 Å². The summed E-state index contributed by atoms with van der Waals surface area (Å²) in [6.07, 6.45) is 5.08. The van der Waals surface area contributed by atoms with E-state index in [0.717, 1.165) is 12.8 Å². The summed E-state index contributed by atoms with van der Waals surface area (Å²) in [6, 6.07) is 8.21. The number of nitrogens with one attached hydrogen (secondary N) is 1. The summed E-state index contributed by atoms with van der Waals surface area (Å²) in [5, 5.41) is 3.38. The van der Waals surface area contributed by atoms with Gasteiger partial charge in [0, 0.05) is 18.0 Å². The van der Waals surface area contributed by atoms with Gasteiger partial charge in [-0.25, -0.2) is 13.8 Å². The van der Waals surface area contributed by atoms with Gasteiger partial charge in [0.1, 0.15) is 5.82 Å². The summed E-state index contributed by atoms with van der Waals surface area (Å²) < 4.78 is 38.9. The Bertz CT molecular complexity index is 816. The van der Waals surface area contributed by atoms with Gasteiger partial charge in [-0.05, 0) is 50.5 Å². The van der Waals surface area contributed by atoms with Gasteiger partial charge in [-0.2, -0.15) is 0 Å². The van der Waals surface area contributed by atoms with E-state index in [1.807, 2.05) is 12.1 Å². The van der Waals surface area contributed by atoms with Crippen LogP contribution in [0.2, 0.25) is 0 Å². The molecular weight excluding hydrogens is 378 g/mol. The van der Waals surface area contributed by atoms with Gasteiger partial charge in [-0.3, -0.25) is 4.79 Å². The number of esters is 1. The quantitative estimate of drug-likeness (QED) is 0.465. The lowest BCUT2D eigenvalue weighted by atomic mass is 10.1. The normalized spacial score (nSPS) is 14.0. The van der Waals surface area contributed by atoms with E-state index in [1.165, 1.54) is 25.0 Å². The molecular formula is C22H26F2N2O3. The molecule has 0 aliphatic heterocycles. The number of anilines is 1. The van der Waals surface area contributed by atoms with Gasteiger partial charge in [-0.15, -0.1) is 0 Å². The molecule has 1 heterocycles. The van der Waals surface area contributed by atoms with E-state index in [-0.39, 0.29) is 19.0 Å². The largest absolute Gasteiger partial charge is 0.488 e. The fourth-order valence-corrected chi connectivity index (χ4v) is 3.42. The van der Waals surface area contributed by atoms with Crippen LogP contribution in [0, 0.1) is 11.6 Å². The lowest BCUT2D eigenvalue weighted by Gasteiger charge is -2.14. The van der Waals surface area contributed by atoms with Crippen molar-refractivity contribution in [1.29, 1.82) is 0 Å². The van der Waals surface area contributed by atoms with Crippen LogP contribution in [0.25, 0.3) is 11.3 Å². The molecule has 0 unspecified atom stereocenters. The first-order valence-electron chi connectivity index (χ1n) is 10.1. The summed E-state index contributed by atoms with van der Waals surface area (Å²) in [5.41, 5.74) is 0.827. The molecule has 0 spiro atoms. The number of rotatable bonds is 9. The Morgan fingerprint density at radius 3 is 2.62 bits per heavy atom. The van der Waals surface area contributed by atoms with Crippen molar-refractivity contribution in [3.05, 3.63) is 42.0 Å². The summed E-state index contributed by atoms with van der Waals surface area (Å²) >= 11 is 0. The maximum Gasteiger partial charge on any atom is 0.305 e. The molecule has 5 nitrogen and oxygen atoms in total. The van der Waals surface area contributed by atoms with Gasteiger partial charge in [0.15, 0.2) is 17.4 Å². The van der Waals surface area contributed by atoms with E-state index in [0.29, 0.717) is 36.1 Å². The average molecular weight is 404 g/mol. The molecule has 1 aliphatic rings. The molecule has 0 atom stereocenters. The third-order valence-corrected chi connectivity index (χ3v) is 4.83. The van der Waals surface area contributed by atoms with E-state index in [9.17, 15) is 13.6 Å². The molecule has 2 aromatic rings. The second-order valence-electron chi connectivity index (χ2n) is 7.06. The number of halogens is 2. The van der Waals surface area contributed by atoms with Crippen LogP contribution in [0.1, 0.15) is 45.4 Å². The summed E-state index contributed by atoms with van der Waals surface area (Å²) in [5.74, 6) is -1.70. The van der Waals surface area contributed by atoms with E-state index >= 15 is 0 Å². The molecule has 0 radical (unpaired) electrons. The monoisotopic (exact) mass is 404 g/mol. The third-order valence-electron chi connectivity index (χ3n) is 4.83. The van der Waals surface area contributed by atoms with Gasteiger partial charge >= 0.3 is 5.97 Å². The SMILES string of the molecule is CCOC(=O)CCCOc1c(F)cc(-c2cccc(NC3CCCC3)n2)cc1F. The Balaban J connectivity index is 1.64. The second-order valence-corrected chi connectivity index (χ2v) is 7.06. The Labute approximate surface area is 169 Å². The van der Waals surface area contributed by atoms with Crippen molar-refractivity contribution in [2.75, 3.05) is 18.5 Å². The molecule has 1 fully saturated rings. The van der Waals surface area contributed by atoms with Crippen molar-refractivity contribution in [3.63, 3.8) is 0 Å². The highest BCUT2D eigenvalue weighted by Crippen LogP contribution is 2.29. The topological polar surface area (TPSA) is 60.5 Å². The summed E-state index contributed by atoms with van der Waals surface area (Å²) in [4.78, 5) is 15.8. The van der Waals surface area contributed by atoms with Crippen LogP contribution < -0.4 is 10.1 Å². The summed E-state index contributed by atoms with van der Waals surface area (Å²) in [6.45, 7) is 2.04. The van der Waals surface area contributed by atoms with Crippen LogP contribution in [0.5, 0.6) is 5.75 Å². The zero-order valence-electron chi connectivity index (χ0n) is 16.5. The van der Waals surface area contributed by atoms with Crippen molar-refractivity contribution in [1.82, 2.24) is 4.98 Å². The molecule has 1 N–H and O–H groups in total. The predicted octanol–water partition coefficient (Wildman–Crippen LogP) is 5.10. The highest BCUT2D eigenvalue weighted by atomic mass is 19.1. The number of aromatic nitrogens is 1. The van der Waals surface area contributed by atoms with Crippen LogP contribution in [0.3, 0.4) is 0 Å². The molecule has 0 saturated heterocycles. The smallest absolute Gasteiger partial charge is 0.305 e. The lowest BCUT2D eigenvalue weighted by Crippen LogP contribution is -2.15. The van der Waals surface area contributed by atoms with Crippen molar-refractivity contribution < 1.29 is 23.0 Å². The number of ether oxygens (including phenoxy) is 2. The van der Waals surface area contributed by atoms with Crippen molar-refractivity contribution >= 4 is 11.8 Å². The van der Waals surface area contributed by atoms with Gasteiger partial charge < -0.3 is 14.8 Å². The molecule has 0 bridgehead atoms.